The maximum atomic E-state index is 12.4. The number of fused-ring (bicyclic) bond motifs is 1. The minimum absolute atomic E-state index is 0.0389. The summed E-state index contributed by atoms with van der Waals surface area (Å²) in [5.74, 6) is -0.549. The second-order valence-electron chi connectivity index (χ2n) is 5.27. The summed E-state index contributed by atoms with van der Waals surface area (Å²) in [6, 6.07) is 7.85. The number of sulfonamides is 1. The fourth-order valence-electron chi connectivity index (χ4n) is 2.31. The lowest BCUT2D eigenvalue weighted by molar-refractivity contribution is 0.173. The number of aromatic nitrogens is 1. The maximum Gasteiger partial charge on any atom is 0.419 e. The summed E-state index contributed by atoms with van der Waals surface area (Å²) in [7, 11) is -2.23. The molecule has 0 aliphatic rings. The molecular weight excluding hydrogens is 352 g/mol. The third-order valence-corrected chi connectivity index (χ3v) is 6.09. The van der Waals surface area contributed by atoms with E-state index in [1.54, 1.807) is 6.07 Å². The molecule has 1 aromatic carbocycles. The molecule has 3 rings (SSSR count). The van der Waals surface area contributed by atoms with Gasteiger partial charge in [-0.2, -0.15) is 0 Å². The van der Waals surface area contributed by atoms with Gasteiger partial charge >= 0.3 is 5.76 Å². The number of aliphatic hydroxyl groups is 1. The van der Waals surface area contributed by atoms with Crippen LogP contribution in [0, 0.1) is 0 Å². The molecule has 1 atom stereocenters. The number of hydrogen-bond acceptors (Lipinski definition) is 6. The number of hydrogen-bond donors (Lipinski definition) is 2. The van der Waals surface area contributed by atoms with Crippen LogP contribution in [0.25, 0.3) is 11.1 Å². The summed E-state index contributed by atoms with van der Waals surface area (Å²) in [6.45, 7) is 0.101. The van der Waals surface area contributed by atoms with Crippen molar-refractivity contribution in [3.05, 3.63) is 51.1 Å². The average molecular weight is 368 g/mol. The summed E-state index contributed by atoms with van der Waals surface area (Å²) in [5, 5.41) is 11.8. The molecule has 0 saturated carbocycles. The summed E-state index contributed by atoms with van der Waals surface area (Å²) in [4.78, 5) is 12.3. The predicted octanol–water partition coefficient (Wildman–Crippen LogP) is 1.59. The van der Waals surface area contributed by atoms with Gasteiger partial charge in [0.1, 0.15) is 0 Å². The van der Waals surface area contributed by atoms with Gasteiger partial charge in [0.05, 0.1) is 16.5 Å². The summed E-state index contributed by atoms with van der Waals surface area (Å²) < 4.78 is 33.4. The average Bonchev–Trinajstić information content (AvgIpc) is 3.16. The summed E-state index contributed by atoms with van der Waals surface area (Å²) in [6.07, 6.45) is -0.434. The Labute approximate surface area is 142 Å². The molecule has 0 spiro atoms. The number of nitrogens with one attached hydrogen (secondary N) is 1. The van der Waals surface area contributed by atoms with E-state index in [0.29, 0.717) is 11.1 Å². The van der Waals surface area contributed by atoms with Crippen LogP contribution in [0.2, 0.25) is 0 Å². The Kier molecular flexibility index (Phi) is 4.59. The van der Waals surface area contributed by atoms with Gasteiger partial charge in [0.15, 0.2) is 5.58 Å². The minimum atomic E-state index is -3.74. The van der Waals surface area contributed by atoms with E-state index in [-0.39, 0.29) is 17.9 Å². The van der Waals surface area contributed by atoms with E-state index >= 15 is 0 Å². The van der Waals surface area contributed by atoms with Gasteiger partial charge in [-0.15, -0.1) is 11.3 Å². The van der Waals surface area contributed by atoms with Crippen LogP contribution < -0.4 is 10.5 Å². The van der Waals surface area contributed by atoms with Gasteiger partial charge in [-0.25, -0.2) is 17.9 Å². The first-order valence-corrected chi connectivity index (χ1v) is 9.55. The monoisotopic (exact) mass is 368 g/mol. The second kappa shape index (κ2) is 6.52. The molecule has 0 aliphatic heterocycles. The lowest BCUT2D eigenvalue weighted by Gasteiger charge is -2.10. The first-order valence-electron chi connectivity index (χ1n) is 7.19. The van der Waals surface area contributed by atoms with Crippen molar-refractivity contribution in [3.8, 4) is 0 Å². The van der Waals surface area contributed by atoms with Crippen molar-refractivity contribution in [2.45, 2.75) is 17.4 Å². The van der Waals surface area contributed by atoms with Crippen molar-refractivity contribution in [1.29, 1.82) is 0 Å². The standard InChI is InChI=1S/C15H16N2O5S2/c1-17-11-9-10(4-5-13(11)22-15(17)19)24(20,21)16-7-6-12(18)14-3-2-8-23-14/h2-5,8-9,12,16,18H,6-7H2,1H3/t12-/m1/s1. The Morgan fingerprint density at radius 2 is 2.17 bits per heavy atom. The number of rotatable bonds is 6. The van der Waals surface area contributed by atoms with Crippen LogP contribution in [0.1, 0.15) is 17.4 Å². The van der Waals surface area contributed by atoms with Crippen LogP contribution in [-0.4, -0.2) is 24.6 Å². The van der Waals surface area contributed by atoms with Crippen LogP contribution >= 0.6 is 11.3 Å². The predicted molar refractivity (Wildman–Crippen MR) is 90.5 cm³/mol. The zero-order valence-corrected chi connectivity index (χ0v) is 14.4. The molecule has 128 valence electrons. The van der Waals surface area contributed by atoms with E-state index in [0.717, 1.165) is 4.88 Å². The quantitative estimate of drug-likeness (QED) is 0.688. The van der Waals surface area contributed by atoms with Gasteiger partial charge in [0, 0.05) is 18.5 Å². The SMILES string of the molecule is Cn1c(=O)oc2ccc(S(=O)(=O)NCC[C@@H](O)c3cccs3)cc21. The zero-order valence-electron chi connectivity index (χ0n) is 12.8. The lowest BCUT2D eigenvalue weighted by Crippen LogP contribution is -2.26. The van der Waals surface area contributed by atoms with Crippen LogP contribution in [0.3, 0.4) is 0 Å². The fourth-order valence-corrected chi connectivity index (χ4v) is 4.12. The highest BCUT2D eigenvalue weighted by atomic mass is 32.2. The van der Waals surface area contributed by atoms with E-state index in [4.69, 9.17) is 4.42 Å². The minimum Gasteiger partial charge on any atom is -0.408 e. The lowest BCUT2D eigenvalue weighted by atomic mass is 10.2. The highest BCUT2D eigenvalue weighted by Gasteiger charge is 2.17. The van der Waals surface area contributed by atoms with Crippen LogP contribution in [0.15, 0.2) is 49.8 Å². The largest absolute Gasteiger partial charge is 0.419 e. The van der Waals surface area contributed by atoms with Crippen LogP contribution in [-0.2, 0) is 17.1 Å². The molecule has 24 heavy (non-hydrogen) atoms. The Morgan fingerprint density at radius 3 is 2.88 bits per heavy atom. The number of oxazole rings is 1. The summed E-state index contributed by atoms with van der Waals surface area (Å²) >= 11 is 1.42. The first-order chi connectivity index (χ1) is 11.4. The molecule has 0 amide bonds. The molecule has 0 saturated heterocycles. The van der Waals surface area contributed by atoms with Gasteiger partial charge in [-0.1, -0.05) is 6.07 Å². The van der Waals surface area contributed by atoms with Crippen LogP contribution in [0.4, 0.5) is 0 Å². The van der Waals surface area contributed by atoms with Crippen molar-refractivity contribution in [2.24, 2.45) is 7.05 Å². The van der Waals surface area contributed by atoms with Crippen LogP contribution in [0.5, 0.6) is 0 Å². The van der Waals surface area contributed by atoms with E-state index in [2.05, 4.69) is 4.72 Å². The molecule has 3 aromatic rings. The molecule has 9 heteroatoms. The van der Waals surface area contributed by atoms with E-state index < -0.39 is 21.9 Å². The first kappa shape index (κ1) is 16.9. The topological polar surface area (TPSA) is 102 Å². The van der Waals surface area contributed by atoms with E-state index in [1.807, 2.05) is 11.4 Å². The third kappa shape index (κ3) is 3.29. The van der Waals surface area contributed by atoms with Gasteiger partial charge < -0.3 is 9.52 Å². The molecule has 2 aromatic heterocycles. The van der Waals surface area contributed by atoms with Gasteiger partial charge in [-0.3, -0.25) is 4.57 Å². The number of aliphatic hydroxyl groups excluding tert-OH is 1. The molecule has 0 aliphatic carbocycles. The summed E-state index contributed by atoms with van der Waals surface area (Å²) in [5.41, 5.74) is 0.732. The molecular formula is C15H16N2O5S2. The number of thiophene rings is 1. The second-order valence-corrected chi connectivity index (χ2v) is 8.02. The van der Waals surface area contributed by atoms with Crippen molar-refractivity contribution in [3.63, 3.8) is 0 Å². The molecule has 0 fully saturated rings. The normalized spacial score (nSPS) is 13.4. The molecule has 0 radical (unpaired) electrons. The smallest absolute Gasteiger partial charge is 0.408 e. The highest BCUT2D eigenvalue weighted by Crippen LogP contribution is 2.22. The number of nitrogens with zero attached hydrogens (tertiary/aromatic N) is 1. The number of aryl methyl sites for hydroxylation is 1. The molecule has 2 N–H and O–H groups in total. The van der Waals surface area contributed by atoms with Gasteiger partial charge in [0.25, 0.3) is 0 Å². The van der Waals surface area contributed by atoms with Crippen molar-refractivity contribution in [1.82, 2.24) is 9.29 Å². The van der Waals surface area contributed by atoms with E-state index in [1.165, 1.54) is 41.2 Å². The molecule has 2 heterocycles. The molecule has 0 unspecified atom stereocenters. The molecule has 0 bridgehead atoms. The van der Waals surface area contributed by atoms with Gasteiger partial charge in [0.2, 0.25) is 10.0 Å². The number of benzene rings is 1. The Bertz CT molecular complexity index is 1000. The Hall–Kier alpha value is -1.94. The van der Waals surface area contributed by atoms with Crippen molar-refractivity contribution in [2.75, 3.05) is 6.54 Å². The highest BCUT2D eigenvalue weighted by molar-refractivity contribution is 7.89. The maximum absolute atomic E-state index is 12.4. The van der Waals surface area contributed by atoms with Crippen molar-refractivity contribution >= 4 is 32.5 Å². The van der Waals surface area contributed by atoms with Crippen molar-refractivity contribution < 1.29 is 17.9 Å². The molecule has 7 nitrogen and oxygen atoms in total. The zero-order chi connectivity index (χ0) is 17.3. The van der Waals surface area contributed by atoms with Gasteiger partial charge in [-0.05, 0) is 36.1 Å². The fraction of sp³-hybridized carbons (Fsp3) is 0.267. The van der Waals surface area contributed by atoms with E-state index in [9.17, 15) is 18.3 Å². The third-order valence-electron chi connectivity index (χ3n) is 3.65. The Balaban J connectivity index is 1.73. The Morgan fingerprint density at radius 1 is 1.38 bits per heavy atom.